The number of rotatable bonds is 5. The molecule has 2 N–H and O–H groups in total. The molecule has 1 heterocycles. The van der Waals surface area contributed by atoms with E-state index in [1.54, 1.807) is 54.6 Å². The summed E-state index contributed by atoms with van der Waals surface area (Å²) in [5, 5.41) is -0.184. The first-order valence-electron chi connectivity index (χ1n) is 8.26. The molecular formula is C20H15BrN4O2S. The summed E-state index contributed by atoms with van der Waals surface area (Å²) in [5.41, 5.74) is 7.16. The molecule has 8 heteroatoms. The van der Waals surface area contributed by atoms with E-state index in [2.05, 4.69) is 25.9 Å². The molecule has 0 unspecified atom stereocenters. The Morgan fingerprint density at radius 3 is 2.14 bits per heavy atom. The smallest absolute Gasteiger partial charge is 0.267 e. The summed E-state index contributed by atoms with van der Waals surface area (Å²) in [5.74, 6) is -0.543. The Hall–Kier alpha value is -2.97. The normalized spacial score (nSPS) is 10.3. The van der Waals surface area contributed by atoms with E-state index in [0.717, 1.165) is 4.90 Å². The lowest BCUT2D eigenvalue weighted by molar-refractivity contribution is 0.0989. The molecule has 6 nitrogen and oxygen atoms in total. The molecule has 1 amide bonds. The number of nitrogens with zero attached hydrogens (tertiary/aromatic N) is 3. The number of carbonyl (C=O) groups excluding carboxylic acids is 2. The van der Waals surface area contributed by atoms with Gasteiger partial charge in [-0.15, -0.1) is 0 Å². The zero-order valence-electron chi connectivity index (χ0n) is 14.6. The largest absolute Gasteiger partial charge is 0.375 e. The Morgan fingerprint density at radius 1 is 1.00 bits per heavy atom. The number of aromatic nitrogens is 2. The van der Waals surface area contributed by atoms with E-state index in [1.807, 2.05) is 6.07 Å². The van der Waals surface area contributed by atoms with Gasteiger partial charge >= 0.3 is 0 Å². The number of thiocarbonyl (C=S) groups is 1. The lowest BCUT2D eigenvalue weighted by atomic mass is 10.1. The first-order chi connectivity index (χ1) is 13.5. The molecule has 3 aromatic rings. The maximum atomic E-state index is 12.8. The maximum Gasteiger partial charge on any atom is 0.267 e. The van der Waals surface area contributed by atoms with Crippen molar-refractivity contribution in [3.8, 4) is 0 Å². The first-order valence-corrected chi connectivity index (χ1v) is 9.46. The van der Waals surface area contributed by atoms with E-state index in [9.17, 15) is 9.59 Å². The van der Waals surface area contributed by atoms with E-state index in [0.29, 0.717) is 21.3 Å². The summed E-state index contributed by atoms with van der Waals surface area (Å²) < 4.78 is 0.551. The van der Waals surface area contributed by atoms with Gasteiger partial charge in [0.2, 0.25) is 5.95 Å². The van der Waals surface area contributed by atoms with E-state index < -0.39 is 5.91 Å². The van der Waals surface area contributed by atoms with Crippen LogP contribution in [0.5, 0.6) is 0 Å². The summed E-state index contributed by atoms with van der Waals surface area (Å²) in [6.07, 6.45) is 1.50. The molecule has 0 bridgehead atoms. The Morgan fingerprint density at radius 2 is 1.57 bits per heavy atom. The molecule has 2 aromatic carbocycles. The molecule has 0 radical (unpaired) electrons. The second-order valence-electron chi connectivity index (χ2n) is 5.78. The molecule has 0 saturated heterocycles. The molecule has 0 aliphatic carbocycles. The predicted molar refractivity (Wildman–Crippen MR) is 114 cm³/mol. The minimum absolute atomic E-state index is 0.0143. The lowest BCUT2D eigenvalue weighted by Crippen LogP contribution is -2.42. The van der Waals surface area contributed by atoms with Gasteiger partial charge in [-0.2, -0.15) is 0 Å². The summed E-state index contributed by atoms with van der Waals surface area (Å²) in [6, 6.07) is 17.4. The van der Waals surface area contributed by atoms with Gasteiger partial charge in [-0.1, -0.05) is 48.5 Å². The highest BCUT2D eigenvalue weighted by Gasteiger charge is 2.24. The van der Waals surface area contributed by atoms with Crippen LogP contribution in [0.3, 0.4) is 0 Å². The SMILES string of the molecule is NC(=S)N(C(=O)c1ccccc1)c1ncc(Br)c(CC(=O)c2ccccc2)n1. The van der Waals surface area contributed by atoms with E-state index in [1.165, 1.54) is 6.20 Å². The van der Waals surface area contributed by atoms with Gasteiger partial charge in [0.1, 0.15) is 0 Å². The van der Waals surface area contributed by atoms with Crippen LogP contribution in [0.4, 0.5) is 5.95 Å². The Labute approximate surface area is 175 Å². The number of anilines is 1. The molecule has 0 aliphatic rings. The van der Waals surface area contributed by atoms with Gasteiger partial charge in [0.25, 0.3) is 5.91 Å². The fourth-order valence-corrected chi connectivity index (χ4v) is 3.00. The van der Waals surface area contributed by atoms with Crippen LogP contribution in [0.1, 0.15) is 26.4 Å². The summed E-state index contributed by atoms with van der Waals surface area (Å²) >= 11 is 8.39. The molecule has 0 spiro atoms. The quantitative estimate of drug-likeness (QED) is 0.468. The van der Waals surface area contributed by atoms with Crippen molar-refractivity contribution in [3.63, 3.8) is 0 Å². The number of ketones is 1. The van der Waals surface area contributed by atoms with Gasteiger partial charge in [0, 0.05) is 17.3 Å². The monoisotopic (exact) mass is 454 g/mol. The number of Topliss-reactive ketones (excluding diaryl/α,β-unsaturated/α-hetero) is 1. The second kappa shape index (κ2) is 8.81. The van der Waals surface area contributed by atoms with Crippen LogP contribution >= 0.6 is 28.1 Å². The number of amides is 1. The average molecular weight is 455 g/mol. The van der Waals surface area contributed by atoms with E-state index in [4.69, 9.17) is 18.0 Å². The molecule has 1 aromatic heterocycles. The number of benzene rings is 2. The third-order valence-electron chi connectivity index (χ3n) is 3.87. The molecule has 0 fully saturated rings. The van der Waals surface area contributed by atoms with Crippen molar-refractivity contribution in [2.75, 3.05) is 4.90 Å². The van der Waals surface area contributed by atoms with Crippen LogP contribution in [0.25, 0.3) is 0 Å². The molecule has 0 saturated carbocycles. The minimum atomic E-state index is -0.448. The van der Waals surface area contributed by atoms with E-state index >= 15 is 0 Å². The van der Waals surface area contributed by atoms with Gasteiger partial charge in [-0.05, 0) is 40.3 Å². The molecule has 0 atom stereocenters. The van der Waals surface area contributed by atoms with Crippen molar-refractivity contribution in [2.24, 2.45) is 5.73 Å². The van der Waals surface area contributed by atoms with Crippen molar-refractivity contribution in [3.05, 3.63) is 88.2 Å². The summed E-state index contributed by atoms with van der Waals surface area (Å²) in [6.45, 7) is 0. The molecular weight excluding hydrogens is 440 g/mol. The maximum absolute atomic E-state index is 12.8. The Balaban J connectivity index is 1.93. The highest BCUT2D eigenvalue weighted by Crippen LogP contribution is 2.20. The van der Waals surface area contributed by atoms with Gasteiger partial charge < -0.3 is 5.73 Å². The third-order valence-corrected chi connectivity index (χ3v) is 4.72. The number of nitrogens with two attached hydrogens (primary N) is 1. The van der Waals surface area contributed by atoms with Crippen LogP contribution in [0.2, 0.25) is 0 Å². The fraction of sp³-hybridized carbons (Fsp3) is 0.0500. The van der Waals surface area contributed by atoms with E-state index in [-0.39, 0.29) is 23.3 Å². The zero-order chi connectivity index (χ0) is 20.1. The number of hydrogen-bond acceptors (Lipinski definition) is 5. The van der Waals surface area contributed by atoms with Crippen molar-refractivity contribution < 1.29 is 9.59 Å². The predicted octanol–water partition coefficient (Wildman–Crippen LogP) is 3.55. The second-order valence-corrected chi connectivity index (χ2v) is 7.05. The van der Waals surface area contributed by atoms with Crippen molar-refractivity contribution in [1.29, 1.82) is 0 Å². The van der Waals surface area contributed by atoms with Crippen LogP contribution in [-0.4, -0.2) is 26.8 Å². The van der Waals surface area contributed by atoms with Gasteiger partial charge in [-0.3, -0.25) is 9.59 Å². The van der Waals surface area contributed by atoms with Gasteiger partial charge in [0.15, 0.2) is 10.9 Å². The van der Waals surface area contributed by atoms with Crippen molar-refractivity contribution in [1.82, 2.24) is 9.97 Å². The highest BCUT2D eigenvalue weighted by atomic mass is 79.9. The molecule has 28 heavy (non-hydrogen) atoms. The Bertz CT molecular complexity index is 1030. The Kier molecular flexibility index (Phi) is 6.23. The third kappa shape index (κ3) is 4.47. The standard InChI is InChI=1S/C20H15BrN4O2S/c21-15-12-23-20(24-16(15)11-17(26)13-7-3-1-4-8-13)25(19(22)28)18(27)14-9-5-2-6-10-14/h1-10,12H,11H2,(H2,22,28). The minimum Gasteiger partial charge on any atom is -0.375 e. The lowest BCUT2D eigenvalue weighted by Gasteiger charge is -2.19. The van der Waals surface area contributed by atoms with Crippen LogP contribution < -0.4 is 10.6 Å². The van der Waals surface area contributed by atoms with Crippen LogP contribution in [-0.2, 0) is 6.42 Å². The molecule has 140 valence electrons. The summed E-state index contributed by atoms with van der Waals surface area (Å²) in [7, 11) is 0. The summed E-state index contributed by atoms with van der Waals surface area (Å²) in [4.78, 5) is 34.9. The van der Waals surface area contributed by atoms with Gasteiger partial charge in [-0.25, -0.2) is 14.9 Å². The average Bonchev–Trinajstić information content (AvgIpc) is 2.71. The van der Waals surface area contributed by atoms with Crippen LogP contribution in [0.15, 0.2) is 71.3 Å². The molecule has 0 aliphatic heterocycles. The fourth-order valence-electron chi connectivity index (χ4n) is 2.50. The first kappa shape index (κ1) is 19.8. The molecule has 3 rings (SSSR count). The van der Waals surface area contributed by atoms with Crippen molar-refractivity contribution >= 4 is 50.9 Å². The number of halogens is 1. The number of carbonyl (C=O) groups is 2. The number of hydrogen-bond donors (Lipinski definition) is 1. The van der Waals surface area contributed by atoms with Crippen LogP contribution in [0, 0.1) is 0 Å². The topological polar surface area (TPSA) is 89.2 Å². The van der Waals surface area contributed by atoms with Crippen molar-refractivity contribution in [2.45, 2.75) is 6.42 Å². The zero-order valence-corrected chi connectivity index (χ0v) is 17.0. The highest BCUT2D eigenvalue weighted by molar-refractivity contribution is 9.10. The van der Waals surface area contributed by atoms with Gasteiger partial charge in [0.05, 0.1) is 16.6 Å².